The van der Waals surface area contributed by atoms with Crippen LogP contribution in [0, 0.1) is 0 Å². The lowest BCUT2D eigenvalue weighted by atomic mass is 9.95. The maximum absolute atomic E-state index is 5.38. The lowest BCUT2D eigenvalue weighted by molar-refractivity contribution is 1.01. The van der Waals surface area contributed by atoms with Gasteiger partial charge in [-0.3, -0.25) is 4.57 Å². The zero-order valence-electron chi connectivity index (χ0n) is 27.6. The van der Waals surface area contributed by atoms with Gasteiger partial charge in [0.05, 0.1) is 22.2 Å². The van der Waals surface area contributed by atoms with E-state index < -0.39 is 0 Å². The molecule has 0 aliphatic heterocycles. The summed E-state index contributed by atoms with van der Waals surface area (Å²) < 4.78 is 2.25. The molecule has 2 heterocycles. The molecular weight excluding hydrogens is 619 g/mol. The summed E-state index contributed by atoms with van der Waals surface area (Å²) >= 11 is 0. The highest BCUT2D eigenvalue weighted by Gasteiger charge is 2.19. The first kappa shape index (κ1) is 28.0. The van der Waals surface area contributed by atoms with Gasteiger partial charge < -0.3 is 0 Å². The van der Waals surface area contributed by atoms with E-state index in [1.807, 2.05) is 0 Å². The van der Waals surface area contributed by atoms with Gasteiger partial charge in [0.15, 0.2) is 0 Å². The Kier molecular flexibility index (Phi) is 5.96. The van der Waals surface area contributed by atoms with Crippen LogP contribution in [-0.2, 0) is 0 Å². The van der Waals surface area contributed by atoms with Gasteiger partial charge in [-0.1, -0.05) is 158 Å². The first-order chi connectivity index (χ1) is 25.3. The Morgan fingerprint density at radius 1 is 0.333 bits per heavy atom. The summed E-state index contributed by atoms with van der Waals surface area (Å²) in [5, 5.41) is 13.5. The summed E-state index contributed by atoms with van der Waals surface area (Å²) in [6.45, 7) is 0. The third-order valence-electron chi connectivity index (χ3n) is 10.6. The van der Waals surface area contributed by atoms with Crippen LogP contribution in [0.3, 0.4) is 0 Å². The van der Waals surface area contributed by atoms with Gasteiger partial charge in [-0.15, -0.1) is 0 Å². The van der Waals surface area contributed by atoms with Crippen molar-refractivity contribution in [2.75, 3.05) is 0 Å². The Morgan fingerprint density at radius 2 is 0.922 bits per heavy atom. The van der Waals surface area contributed by atoms with E-state index in [1.165, 1.54) is 65.0 Å². The van der Waals surface area contributed by atoms with Gasteiger partial charge in [-0.25, -0.2) is 9.97 Å². The van der Waals surface area contributed by atoms with Gasteiger partial charge in [0.1, 0.15) is 0 Å². The smallest absolute Gasteiger partial charge is 0.235 e. The Hall–Kier alpha value is -6.84. The molecule has 3 heteroatoms. The van der Waals surface area contributed by atoms with Gasteiger partial charge in [0, 0.05) is 21.7 Å². The van der Waals surface area contributed by atoms with Crippen molar-refractivity contribution in [2.45, 2.75) is 0 Å². The molecule has 0 saturated carbocycles. The van der Waals surface area contributed by atoms with Crippen LogP contribution in [-0.4, -0.2) is 14.5 Å². The Morgan fingerprint density at radius 3 is 1.78 bits per heavy atom. The maximum Gasteiger partial charge on any atom is 0.235 e. The second kappa shape index (κ2) is 10.8. The SMILES string of the molecule is c1ccc2c(-c3ccc(-c4nc(-n5c6ccccc6c6c7ccc8c9ccccc9ccc8c7ccc65)nc5ccccc45)cc3)cccc2c1. The predicted molar refractivity (Wildman–Crippen MR) is 215 cm³/mol. The third-order valence-corrected chi connectivity index (χ3v) is 10.6. The molecule has 0 fully saturated rings. The van der Waals surface area contributed by atoms with Gasteiger partial charge in [-0.2, -0.15) is 0 Å². The van der Waals surface area contributed by atoms with E-state index in [-0.39, 0.29) is 0 Å². The lowest BCUT2D eigenvalue weighted by Crippen LogP contribution is -2.03. The molecule has 9 aromatic carbocycles. The van der Waals surface area contributed by atoms with Crippen molar-refractivity contribution >= 4 is 75.8 Å². The van der Waals surface area contributed by atoms with Gasteiger partial charge in [-0.05, 0) is 72.4 Å². The molecule has 0 atom stereocenters. The summed E-state index contributed by atoms with van der Waals surface area (Å²) in [4.78, 5) is 10.6. The van der Waals surface area contributed by atoms with Crippen molar-refractivity contribution < 1.29 is 0 Å². The molecule has 0 aliphatic carbocycles. The zero-order chi connectivity index (χ0) is 33.5. The molecule has 51 heavy (non-hydrogen) atoms. The van der Waals surface area contributed by atoms with Crippen LogP contribution in [0.5, 0.6) is 0 Å². The molecule has 0 N–H and O–H groups in total. The largest absolute Gasteiger partial charge is 0.278 e. The quantitative estimate of drug-likeness (QED) is 0.179. The summed E-state index contributed by atoms with van der Waals surface area (Å²) in [7, 11) is 0. The van der Waals surface area contributed by atoms with Crippen LogP contribution < -0.4 is 0 Å². The fourth-order valence-corrected chi connectivity index (χ4v) is 8.26. The summed E-state index contributed by atoms with van der Waals surface area (Å²) in [5.74, 6) is 0.666. The van der Waals surface area contributed by atoms with Crippen molar-refractivity contribution in [3.63, 3.8) is 0 Å². The minimum absolute atomic E-state index is 0.666. The number of aromatic nitrogens is 3. The molecule has 0 amide bonds. The van der Waals surface area contributed by atoms with Crippen LogP contribution in [0.1, 0.15) is 0 Å². The number of fused-ring (bicyclic) bond motifs is 11. The van der Waals surface area contributed by atoms with Crippen LogP contribution in [0.2, 0.25) is 0 Å². The van der Waals surface area contributed by atoms with Crippen molar-refractivity contribution in [1.82, 2.24) is 14.5 Å². The molecule has 2 aromatic heterocycles. The van der Waals surface area contributed by atoms with E-state index in [2.05, 4.69) is 180 Å². The minimum Gasteiger partial charge on any atom is -0.278 e. The van der Waals surface area contributed by atoms with E-state index in [0.29, 0.717) is 5.95 Å². The van der Waals surface area contributed by atoms with E-state index in [0.717, 1.165) is 33.2 Å². The lowest BCUT2D eigenvalue weighted by Gasteiger charge is -2.13. The second-order valence-corrected chi connectivity index (χ2v) is 13.3. The predicted octanol–water partition coefficient (Wildman–Crippen LogP) is 12.7. The first-order valence-corrected chi connectivity index (χ1v) is 17.4. The molecule has 0 spiro atoms. The molecule has 0 aliphatic rings. The minimum atomic E-state index is 0.666. The molecule has 236 valence electrons. The standard InChI is InChI=1S/C48H29N3/c1-3-13-34-30(10-1)12-9-17-35(34)32-20-22-33(23-21-32)47-41-15-5-7-18-43(41)49-48(50-47)51-44-19-8-6-16-42(44)46-40-27-26-37-36-14-4-2-11-31(36)24-25-38(37)39(40)28-29-45(46)51/h1-29H. The molecule has 0 bridgehead atoms. The normalized spacial score (nSPS) is 11.9. The molecule has 3 nitrogen and oxygen atoms in total. The molecule has 0 unspecified atom stereocenters. The first-order valence-electron chi connectivity index (χ1n) is 17.4. The van der Waals surface area contributed by atoms with E-state index >= 15 is 0 Å². The van der Waals surface area contributed by atoms with E-state index in [1.54, 1.807) is 0 Å². The Bertz CT molecular complexity index is 3180. The van der Waals surface area contributed by atoms with Crippen LogP contribution in [0.15, 0.2) is 176 Å². The van der Waals surface area contributed by atoms with Crippen LogP contribution in [0.25, 0.3) is 104 Å². The third kappa shape index (κ3) is 4.19. The highest BCUT2D eigenvalue weighted by Crippen LogP contribution is 2.41. The number of hydrogen-bond acceptors (Lipinski definition) is 2. The van der Waals surface area contributed by atoms with E-state index in [9.17, 15) is 0 Å². The van der Waals surface area contributed by atoms with Gasteiger partial charge in [0.25, 0.3) is 0 Å². The van der Waals surface area contributed by atoms with Crippen molar-refractivity contribution in [3.05, 3.63) is 176 Å². The van der Waals surface area contributed by atoms with Crippen molar-refractivity contribution in [2.24, 2.45) is 0 Å². The fraction of sp³-hybridized carbons (Fsp3) is 0. The highest BCUT2D eigenvalue weighted by molar-refractivity contribution is 6.27. The fourth-order valence-electron chi connectivity index (χ4n) is 8.26. The number of para-hydroxylation sites is 2. The van der Waals surface area contributed by atoms with Gasteiger partial charge >= 0.3 is 0 Å². The number of hydrogen-bond donors (Lipinski definition) is 0. The van der Waals surface area contributed by atoms with Crippen molar-refractivity contribution in [3.8, 4) is 28.3 Å². The molecule has 11 rings (SSSR count). The second-order valence-electron chi connectivity index (χ2n) is 13.3. The molecular formula is C48H29N3. The van der Waals surface area contributed by atoms with Gasteiger partial charge in [0.2, 0.25) is 5.95 Å². The zero-order valence-corrected chi connectivity index (χ0v) is 27.6. The van der Waals surface area contributed by atoms with E-state index in [4.69, 9.17) is 9.97 Å². The average Bonchev–Trinajstić information content (AvgIpc) is 3.55. The topological polar surface area (TPSA) is 30.7 Å². The molecule has 0 saturated heterocycles. The molecule has 0 radical (unpaired) electrons. The Balaban J connectivity index is 1.13. The number of benzene rings is 9. The average molecular weight is 648 g/mol. The summed E-state index contributed by atoms with van der Waals surface area (Å²) in [6, 6.07) is 63.2. The monoisotopic (exact) mass is 647 g/mol. The summed E-state index contributed by atoms with van der Waals surface area (Å²) in [6.07, 6.45) is 0. The summed E-state index contributed by atoms with van der Waals surface area (Å²) in [5.41, 5.74) is 7.49. The molecule has 11 aromatic rings. The van der Waals surface area contributed by atoms with Crippen molar-refractivity contribution in [1.29, 1.82) is 0 Å². The van der Waals surface area contributed by atoms with Crippen LogP contribution in [0.4, 0.5) is 0 Å². The number of rotatable bonds is 3. The highest BCUT2D eigenvalue weighted by atomic mass is 15.2. The Labute approximate surface area is 293 Å². The number of nitrogens with zero attached hydrogens (tertiary/aromatic N) is 3. The van der Waals surface area contributed by atoms with Crippen LogP contribution >= 0.6 is 0 Å². The maximum atomic E-state index is 5.38.